The van der Waals surface area contributed by atoms with E-state index in [-0.39, 0.29) is 23.9 Å². The fourth-order valence-corrected chi connectivity index (χ4v) is 7.09. The van der Waals surface area contributed by atoms with Crippen LogP contribution in [0.5, 0.6) is 0 Å². The number of aromatic amines is 2. The average molecular weight is 706 g/mol. The number of amides is 2. The SMILES string of the molecule is COC(=O)N[C@H](C(=O)N1CCC[C@H]1c1ncc(-c2ccc(C#CC#Cc3cnc([C@@H]4CCCN4)[nH]3)c(-c3cccc(-c4ccccc4)c3)c2)[nH]1)C(C)C. The van der Waals surface area contributed by atoms with Gasteiger partial charge in [-0.1, -0.05) is 74.4 Å². The molecule has 0 spiro atoms. The maximum Gasteiger partial charge on any atom is 0.407 e. The Labute approximate surface area is 310 Å². The van der Waals surface area contributed by atoms with E-state index in [4.69, 9.17) is 9.72 Å². The number of methoxy groups -OCH3 is 1. The van der Waals surface area contributed by atoms with Crippen LogP contribution in [0.25, 0.3) is 33.5 Å². The number of rotatable bonds is 8. The molecule has 4 N–H and O–H groups in total. The van der Waals surface area contributed by atoms with Gasteiger partial charge in [-0.3, -0.25) is 4.79 Å². The highest BCUT2D eigenvalue weighted by Gasteiger charge is 2.37. The number of likely N-dealkylation sites (tertiary alicyclic amines) is 1. The zero-order chi connectivity index (χ0) is 36.7. The molecule has 10 heteroatoms. The van der Waals surface area contributed by atoms with Crippen molar-refractivity contribution in [3.63, 3.8) is 0 Å². The third kappa shape index (κ3) is 8.04. The fraction of sp³-hybridized carbons (Fsp3) is 0.302. The zero-order valence-electron chi connectivity index (χ0n) is 30.2. The van der Waals surface area contributed by atoms with Crippen LogP contribution in [0.15, 0.2) is 85.2 Å². The summed E-state index contributed by atoms with van der Waals surface area (Å²) in [4.78, 5) is 43.7. The van der Waals surface area contributed by atoms with Crippen LogP contribution < -0.4 is 10.6 Å². The number of ether oxygens (including phenoxy) is 1. The molecule has 7 rings (SSSR count). The number of nitrogens with zero attached hydrogens (tertiary/aromatic N) is 3. The average Bonchev–Trinajstić information content (AvgIpc) is 4.03. The lowest BCUT2D eigenvalue weighted by Crippen LogP contribution is -2.51. The van der Waals surface area contributed by atoms with Crippen LogP contribution in [0.3, 0.4) is 0 Å². The van der Waals surface area contributed by atoms with E-state index < -0.39 is 12.1 Å². The Hall–Kier alpha value is -6.10. The first-order valence-corrected chi connectivity index (χ1v) is 18.2. The van der Waals surface area contributed by atoms with Crippen molar-refractivity contribution >= 4 is 12.0 Å². The number of imidazole rings is 2. The van der Waals surface area contributed by atoms with Gasteiger partial charge in [-0.05, 0) is 96.4 Å². The summed E-state index contributed by atoms with van der Waals surface area (Å²) in [6.45, 7) is 5.41. The summed E-state index contributed by atoms with van der Waals surface area (Å²) in [6.07, 6.45) is 6.78. The molecule has 2 aliphatic heterocycles. The van der Waals surface area contributed by atoms with Gasteiger partial charge < -0.3 is 30.2 Å². The minimum atomic E-state index is -0.698. The maximum absolute atomic E-state index is 13.7. The lowest BCUT2D eigenvalue weighted by Gasteiger charge is -2.30. The van der Waals surface area contributed by atoms with E-state index in [2.05, 4.69) is 91.7 Å². The number of nitrogens with one attached hydrogen (secondary N) is 4. The summed E-state index contributed by atoms with van der Waals surface area (Å²) in [5.41, 5.74) is 7.59. The van der Waals surface area contributed by atoms with E-state index in [1.807, 2.05) is 55.3 Å². The second kappa shape index (κ2) is 16.1. The Morgan fingerprint density at radius 1 is 0.849 bits per heavy atom. The van der Waals surface area contributed by atoms with Crippen molar-refractivity contribution in [2.75, 3.05) is 20.2 Å². The number of carbonyl (C=O) groups is 2. The standard InChI is InChI=1S/C43H43N7O3/c1-28(2)39(49-43(52)53-3)42(51)50-23-11-19-38(50)41-46-27-37(48-41)33-21-20-30(14-7-8-17-34-26-45-40(47-34)36-18-10-22-44-36)35(25-33)32-16-9-15-31(24-32)29-12-5-4-6-13-29/h4-6,9,12-13,15-16,20-21,24-28,36,38-39,44H,10-11,18-19,22-23H2,1-3H3,(H,45,47)(H,46,48)(H,49,52)/t36-,38-,39-/m0/s1. The van der Waals surface area contributed by atoms with Gasteiger partial charge in [0.05, 0.1) is 37.3 Å². The first kappa shape index (κ1) is 35.3. The van der Waals surface area contributed by atoms with Crippen LogP contribution in [-0.4, -0.2) is 63.1 Å². The summed E-state index contributed by atoms with van der Waals surface area (Å²) in [7, 11) is 1.30. The van der Waals surface area contributed by atoms with Crippen LogP contribution in [0, 0.1) is 29.6 Å². The number of H-pyrrole nitrogens is 2. The topological polar surface area (TPSA) is 128 Å². The van der Waals surface area contributed by atoms with Gasteiger partial charge in [0, 0.05) is 17.7 Å². The summed E-state index contributed by atoms with van der Waals surface area (Å²) < 4.78 is 4.79. The first-order valence-electron chi connectivity index (χ1n) is 18.2. The van der Waals surface area contributed by atoms with Gasteiger partial charge in [-0.2, -0.15) is 0 Å². The molecular formula is C43H43N7O3. The number of hydrogen-bond donors (Lipinski definition) is 4. The molecule has 268 valence electrons. The van der Waals surface area contributed by atoms with Gasteiger partial charge in [-0.15, -0.1) is 0 Å². The highest BCUT2D eigenvalue weighted by Crippen LogP contribution is 2.35. The summed E-state index contributed by atoms with van der Waals surface area (Å²) in [5.74, 6) is 13.9. The van der Waals surface area contributed by atoms with Crippen LogP contribution in [0.1, 0.15) is 74.5 Å². The molecule has 2 aromatic heterocycles. The van der Waals surface area contributed by atoms with Crippen molar-refractivity contribution in [3.05, 3.63) is 108 Å². The van der Waals surface area contributed by atoms with E-state index in [0.717, 1.165) is 82.8 Å². The quantitative estimate of drug-likeness (QED) is 0.129. The second-order valence-corrected chi connectivity index (χ2v) is 13.8. The van der Waals surface area contributed by atoms with Gasteiger partial charge in [0.1, 0.15) is 23.4 Å². The number of alkyl carbamates (subject to hydrolysis) is 1. The lowest BCUT2D eigenvalue weighted by molar-refractivity contribution is -0.135. The summed E-state index contributed by atoms with van der Waals surface area (Å²) in [6, 6.07) is 24.3. The zero-order valence-corrected chi connectivity index (χ0v) is 30.2. The Balaban J connectivity index is 1.19. The summed E-state index contributed by atoms with van der Waals surface area (Å²) in [5, 5.41) is 6.17. The van der Waals surface area contributed by atoms with Crippen molar-refractivity contribution in [2.24, 2.45) is 5.92 Å². The largest absolute Gasteiger partial charge is 0.453 e. The second-order valence-electron chi connectivity index (χ2n) is 13.8. The Bertz CT molecular complexity index is 2210. The molecule has 2 aliphatic rings. The normalized spacial score (nSPS) is 17.1. The maximum atomic E-state index is 13.7. The molecule has 3 atom stereocenters. The molecule has 0 unspecified atom stereocenters. The van der Waals surface area contributed by atoms with Crippen LogP contribution >= 0.6 is 0 Å². The molecule has 0 radical (unpaired) electrons. The van der Waals surface area contributed by atoms with E-state index >= 15 is 0 Å². The van der Waals surface area contributed by atoms with Crippen molar-refractivity contribution in [3.8, 4) is 57.2 Å². The van der Waals surface area contributed by atoms with Gasteiger partial charge in [0.15, 0.2) is 0 Å². The molecular weight excluding hydrogens is 663 g/mol. The number of aromatic nitrogens is 4. The minimum absolute atomic E-state index is 0.112. The predicted octanol–water partition coefficient (Wildman–Crippen LogP) is 7.01. The molecule has 4 heterocycles. The third-order valence-electron chi connectivity index (χ3n) is 9.89. The monoisotopic (exact) mass is 705 g/mol. The van der Waals surface area contributed by atoms with Crippen LogP contribution in [0.2, 0.25) is 0 Å². The van der Waals surface area contributed by atoms with Crippen LogP contribution in [0.4, 0.5) is 4.79 Å². The van der Waals surface area contributed by atoms with E-state index in [0.29, 0.717) is 12.4 Å². The van der Waals surface area contributed by atoms with Gasteiger partial charge in [0.25, 0.3) is 0 Å². The Morgan fingerprint density at radius 3 is 2.43 bits per heavy atom. The fourth-order valence-electron chi connectivity index (χ4n) is 7.09. The minimum Gasteiger partial charge on any atom is -0.453 e. The van der Waals surface area contributed by atoms with Crippen molar-refractivity contribution in [1.82, 2.24) is 35.5 Å². The highest BCUT2D eigenvalue weighted by atomic mass is 16.5. The Morgan fingerprint density at radius 2 is 1.64 bits per heavy atom. The smallest absolute Gasteiger partial charge is 0.407 e. The molecule has 53 heavy (non-hydrogen) atoms. The van der Waals surface area contributed by atoms with Gasteiger partial charge in [0.2, 0.25) is 5.91 Å². The van der Waals surface area contributed by atoms with Crippen LogP contribution in [-0.2, 0) is 9.53 Å². The lowest BCUT2D eigenvalue weighted by atomic mass is 9.94. The van der Waals surface area contributed by atoms with Crippen molar-refractivity contribution < 1.29 is 14.3 Å². The highest BCUT2D eigenvalue weighted by molar-refractivity contribution is 5.86. The molecule has 2 fully saturated rings. The van der Waals surface area contributed by atoms with Crippen molar-refractivity contribution in [1.29, 1.82) is 0 Å². The molecule has 5 aromatic rings. The van der Waals surface area contributed by atoms with Crippen molar-refractivity contribution in [2.45, 2.75) is 57.7 Å². The molecule has 0 bridgehead atoms. The molecule has 2 amide bonds. The van der Waals surface area contributed by atoms with Gasteiger partial charge >= 0.3 is 6.09 Å². The molecule has 10 nitrogen and oxygen atoms in total. The first-order chi connectivity index (χ1) is 25.9. The number of carbonyl (C=O) groups excluding carboxylic acids is 2. The number of benzene rings is 3. The van der Waals surface area contributed by atoms with Gasteiger partial charge in [-0.25, -0.2) is 14.8 Å². The molecule has 3 aromatic carbocycles. The Kier molecular flexibility index (Phi) is 10.7. The van der Waals surface area contributed by atoms with E-state index in [1.54, 1.807) is 6.20 Å². The summed E-state index contributed by atoms with van der Waals surface area (Å²) >= 11 is 0. The van der Waals surface area contributed by atoms with E-state index in [1.165, 1.54) is 7.11 Å². The van der Waals surface area contributed by atoms with E-state index in [9.17, 15) is 9.59 Å². The predicted molar refractivity (Wildman–Crippen MR) is 205 cm³/mol. The molecule has 0 aliphatic carbocycles. The molecule has 2 saturated heterocycles. The third-order valence-corrected chi connectivity index (χ3v) is 9.89. The number of hydrogen-bond acceptors (Lipinski definition) is 6. The molecule has 0 saturated carbocycles.